The number of ether oxygens (including phenoxy) is 2. The van der Waals surface area contributed by atoms with Gasteiger partial charge >= 0.3 is 11.9 Å². The molecule has 5 heteroatoms. The second-order valence-corrected chi connectivity index (χ2v) is 5.31. The Balaban J connectivity index is 2.75. The van der Waals surface area contributed by atoms with Crippen molar-refractivity contribution in [3.8, 4) is 0 Å². The standard InChI is InChI=1S/C14H17BrO4/c1-9(2)12(14(17)18-3)19-13(16)11(15)10-7-5-4-6-8-10/h4-9,11-12H,1-3H3/t11?,12-/m0/s1. The molecule has 0 saturated carbocycles. The first-order valence-electron chi connectivity index (χ1n) is 5.94. The molecule has 0 bridgehead atoms. The number of methoxy groups -OCH3 is 1. The fourth-order valence-electron chi connectivity index (χ4n) is 1.52. The van der Waals surface area contributed by atoms with Crippen molar-refractivity contribution in [2.45, 2.75) is 24.8 Å². The Kier molecular flexibility index (Phi) is 6.02. The molecule has 0 heterocycles. The number of esters is 2. The minimum atomic E-state index is -0.888. The number of rotatable bonds is 5. The van der Waals surface area contributed by atoms with Crippen LogP contribution in [-0.4, -0.2) is 25.2 Å². The van der Waals surface area contributed by atoms with Crippen molar-refractivity contribution in [3.05, 3.63) is 35.9 Å². The molecule has 0 aliphatic carbocycles. The van der Waals surface area contributed by atoms with E-state index in [-0.39, 0.29) is 5.92 Å². The van der Waals surface area contributed by atoms with Gasteiger partial charge in [0.25, 0.3) is 0 Å². The lowest BCUT2D eigenvalue weighted by Crippen LogP contribution is -2.34. The van der Waals surface area contributed by atoms with Crippen molar-refractivity contribution in [2.75, 3.05) is 7.11 Å². The van der Waals surface area contributed by atoms with Gasteiger partial charge in [0.15, 0.2) is 0 Å². The quantitative estimate of drug-likeness (QED) is 0.616. The summed E-state index contributed by atoms with van der Waals surface area (Å²) in [6, 6.07) is 9.14. The summed E-state index contributed by atoms with van der Waals surface area (Å²) in [6.07, 6.45) is -0.888. The van der Waals surface area contributed by atoms with Gasteiger partial charge in [-0.25, -0.2) is 4.79 Å². The van der Waals surface area contributed by atoms with Crippen molar-refractivity contribution in [1.82, 2.24) is 0 Å². The predicted octanol–water partition coefficient (Wildman–Crippen LogP) is 2.86. The number of halogens is 1. The normalized spacial score (nSPS) is 13.7. The van der Waals surface area contributed by atoms with Gasteiger partial charge in [-0.3, -0.25) is 4.79 Å². The van der Waals surface area contributed by atoms with Crippen LogP contribution in [0, 0.1) is 5.92 Å². The van der Waals surface area contributed by atoms with Gasteiger partial charge < -0.3 is 9.47 Å². The van der Waals surface area contributed by atoms with Crippen LogP contribution in [-0.2, 0) is 19.1 Å². The van der Waals surface area contributed by atoms with Crippen LogP contribution in [0.15, 0.2) is 30.3 Å². The number of alkyl halides is 1. The minimum Gasteiger partial charge on any atom is -0.466 e. The van der Waals surface area contributed by atoms with Crippen LogP contribution in [0.1, 0.15) is 24.2 Å². The highest BCUT2D eigenvalue weighted by molar-refractivity contribution is 9.09. The highest BCUT2D eigenvalue weighted by atomic mass is 79.9. The second-order valence-electron chi connectivity index (χ2n) is 4.40. The largest absolute Gasteiger partial charge is 0.466 e. The summed E-state index contributed by atoms with van der Waals surface area (Å²) in [5.41, 5.74) is 0.778. The van der Waals surface area contributed by atoms with Gasteiger partial charge in [0, 0.05) is 5.92 Å². The Labute approximate surface area is 121 Å². The van der Waals surface area contributed by atoms with Gasteiger partial charge in [-0.15, -0.1) is 0 Å². The molecule has 0 spiro atoms. The van der Waals surface area contributed by atoms with Gasteiger partial charge in [-0.1, -0.05) is 60.1 Å². The molecule has 1 rings (SSSR count). The van der Waals surface area contributed by atoms with Crippen LogP contribution in [0.25, 0.3) is 0 Å². The third kappa shape index (κ3) is 4.35. The third-order valence-electron chi connectivity index (χ3n) is 2.58. The van der Waals surface area contributed by atoms with Crippen molar-refractivity contribution in [1.29, 1.82) is 0 Å². The van der Waals surface area contributed by atoms with E-state index in [2.05, 4.69) is 20.7 Å². The topological polar surface area (TPSA) is 52.6 Å². The van der Waals surface area contributed by atoms with Crippen molar-refractivity contribution in [2.24, 2.45) is 5.92 Å². The Morgan fingerprint density at radius 2 is 1.68 bits per heavy atom. The zero-order valence-electron chi connectivity index (χ0n) is 11.1. The fourth-order valence-corrected chi connectivity index (χ4v) is 1.93. The molecule has 0 aliphatic heterocycles. The Morgan fingerprint density at radius 3 is 2.16 bits per heavy atom. The van der Waals surface area contributed by atoms with Crippen LogP contribution in [0.3, 0.4) is 0 Å². The molecular formula is C14H17BrO4. The van der Waals surface area contributed by atoms with Gasteiger partial charge in [0.05, 0.1) is 7.11 Å². The van der Waals surface area contributed by atoms with E-state index in [4.69, 9.17) is 4.74 Å². The summed E-state index contributed by atoms with van der Waals surface area (Å²) in [5.74, 6) is -1.20. The molecule has 0 radical (unpaired) electrons. The summed E-state index contributed by atoms with van der Waals surface area (Å²) in [7, 11) is 1.27. The molecule has 1 aromatic carbocycles. The first-order chi connectivity index (χ1) is 8.97. The number of carbonyl (C=O) groups is 2. The number of benzene rings is 1. The maximum atomic E-state index is 12.0. The fraction of sp³-hybridized carbons (Fsp3) is 0.429. The maximum Gasteiger partial charge on any atom is 0.347 e. The van der Waals surface area contributed by atoms with Crippen LogP contribution >= 0.6 is 15.9 Å². The molecule has 2 atom stereocenters. The summed E-state index contributed by atoms with van der Waals surface area (Å²) < 4.78 is 9.85. The average molecular weight is 329 g/mol. The van der Waals surface area contributed by atoms with Crippen LogP contribution in [0.4, 0.5) is 0 Å². The SMILES string of the molecule is COC(=O)[C@@H](OC(=O)C(Br)c1ccccc1)C(C)C. The van der Waals surface area contributed by atoms with Gasteiger partial charge in [0.2, 0.25) is 6.10 Å². The van der Waals surface area contributed by atoms with Crippen molar-refractivity contribution >= 4 is 27.9 Å². The van der Waals surface area contributed by atoms with E-state index in [0.29, 0.717) is 0 Å². The zero-order chi connectivity index (χ0) is 14.4. The lowest BCUT2D eigenvalue weighted by atomic mass is 10.1. The Bertz CT molecular complexity index is 430. The zero-order valence-corrected chi connectivity index (χ0v) is 12.7. The van der Waals surface area contributed by atoms with Crippen molar-refractivity contribution in [3.63, 3.8) is 0 Å². The van der Waals surface area contributed by atoms with Crippen LogP contribution < -0.4 is 0 Å². The summed E-state index contributed by atoms with van der Waals surface area (Å²) in [5, 5.41) is 0. The van der Waals surface area contributed by atoms with E-state index in [1.807, 2.05) is 30.3 Å². The highest BCUT2D eigenvalue weighted by Gasteiger charge is 2.30. The third-order valence-corrected chi connectivity index (χ3v) is 3.48. The van der Waals surface area contributed by atoms with Crippen LogP contribution in [0.5, 0.6) is 0 Å². The second kappa shape index (κ2) is 7.28. The van der Waals surface area contributed by atoms with E-state index < -0.39 is 22.9 Å². The molecule has 1 unspecified atom stereocenters. The van der Waals surface area contributed by atoms with Gasteiger partial charge in [0.1, 0.15) is 4.83 Å². The molecule has 0 fully saturated rings. The summed E-state index contributed by atoms with van der Waals surface area (Å²) in [6.45, 7) is 3.58. The Morgan fingerprint density at radius 1 is 1.11 bits per heavy atom. The first-order valence-corrected chi connectivity index (χ1v) is 6.86. The Hall–Kier alpha value is -1.36. The smallest absolute Gasteiger partial charge is 0.347 e. The molecule has 19 heavy (non-hydrogen) atoms. The van der Waals surface area contributed by atoms with Gasteiger partial charge in [-0.2, -0.15) is 0 Å². The molecule has 0 amide bonds. The maximum absolute atomic E-state index is 12.0. The molecule has 0 aliphatic rings. The highest BCUT2D eigenvalue weighted by Crippen LogP contribution is 2.25. The summed E-state index contributed by atoms with van der Waals surface area (Å²) >= 11 is 3.27. The molecule has 0 aromatic heterocycles. The molecule has 104 valence electrons. The van der Waals surface area contributed by atoms with E-state index in [1.165, 1.54) is 7.11 Å². The van der Waals surface area contributed by atoms with E-state index in [1.54, 1.807) is 13.8 Å². The molecule has 4 nitrogen and oxygen atoms in total. The van der Waals surface area contributed by atoms with Crippen LogP contribution in [0.2, 0.25) is 0 Å². The number of carbonyl (C=O) groups excluding carboxylic acids is 2. The van der Waals surface area contributed by atoms with E-state index in [9.17, 15) is 9.59 Å². The molecule has 1 aromatic rings. The van der Waals surface area contributed by atoms with Crippen molar-refractivity contribution < 1.29 is 19.1 Å². The van der Waals surface area contributed by atoms with Gasteiger partial charge in [-0.05, 0) is 5.56 Å². The lowest BCUT2D eigenvalue weighted by Gasteiger charge is -2.20. The van der Waals surface area contributed by atoms with E-state index >= 15 is 0 Å². The lowest BCUT2D eigenvalue weighted by molar-refractivity contribution is -0.168. The predicted molar refractivity (Wildman–Crippen MR) is 74.8 cm³/mol. The number of hydrogen-bond acceptors (Lipinski definition) is 4. The van der Waals surface area contributed by atoms with E-state index in [0.717, 1.165) is 5.56 Å². The molecular weight excluding hydrogens is 312 g/mol. The monoisotopic (exact) mass is 328 g/mol. The first kappa shape index (κ1) is 15.7. The average Bonchev–Trinajstić information content (AvgIpc) is 2.43. The molecule has 0 saturated heterocycles. The summed E-state index contributed by atoms with van der Waals surface area (Å²) in [4.78, 5) is 22.9. The minimum absolute atomic E-state index is 0.146. The number of hydrogen-bond donors (Lipinski definition) is 0. The molecule has 0 N–H and O–H groups in total.